The SMILES string of the molecule is Cc1cccc(N2CCN(C(=O)C3CCN(Cc4nc5ccccc5n4C)CC3)CC2)c1C. The van der Waals surface area contributed by atoms with Gasteiger partial charge in [-0.3, -0.25) is 9.69 Å². The summed E-state index contributed by atoms with van der Waals surface area (Å²) in [6.07, 6.45) is 1.89. The predicted octanol–water partition coefficient (Wildman–Crippen LogP) is 3.75. The second-order valence-corrected chi connectivity index (χ2v) is 9.66. The van der Waals surface area contributed by atoms with Gasteiger partial charge in [0.25, 0.3) is 0 Å². The van der Waals surface area contributed by atoms with Crippen molar-refractivity contribution in [1.82, 2.24) is 19.4 Å². The molecule has 6 heteroatoms. The van der Waals surface area contributed by atoms with Gasteiger partial charge in [0.15, 0.2) is 0 Å². The maximum absolute atomic E-state index is 13.2. The number of benzene rings is 2. The van der Waals surface area contributed by atoms with E-state index in [0.29, 0.717) is 5.91 Å². The van der Waals surface area contributed by atoms with Crippen molar-refractivity contribution in [2.45, 2.75) is 33.2 Å². The molecule has 0 saturated carbocycles. The van der Waals surface area contributed by atoms with E-state index in [9.17, 15) is 4.79 Å². The molecular weight excluding hydrogens is 410 g/mol. The maximum Gasteiger partial charge on any atom is 0.225 e. The Bertz CT molecular complexity index is 1140. The van der Waals surface area contributed by atoms with Gasteiger partial charge in [0, 0.05) is 44.8 Å². The minimum absolute atomic E-state index is 0.161. The Hall–Kier alpha value is -2.86. The number of para-hydroxylation sites is 2. The Kier molecular flexibility index (Phi) is 6.11. The van der Waals surface area contributed by atoms with Gasteiger partial charge in [-0.15, -0.1) is 0 Å². The zero-order chi connectivity index (χ0) is 22.9. The fraction of sp³-hybridized carbons (Fsp3) is 0.481. The van der Waals surface area contributed by atoms with E-state index in [-0.39, 0.29) is 5.92 Å². The molecule has 1 aromatic heterocycles. The number of aryl methyl sites for hydroxylation is 2. The Morgan fingerprint density at radius 1 is 0.939 bits per heavy atom. The summed E-state index contributed by atoms with van der Waals surface area (Å²) < 4.78 is 2.20. The van der Waals surface area contributed by atoms with Crippen molar-refractivity contribution in [1.29, 1.82) is 0 Å². The van der Waals surface area contributed by atoms with E-state index >= 15 is 0 Å². The number of imidazole rings is 1. The molecule has 0 unspecified atom stereocenters. The summed E-state index contributed by atoms with van der Waals surface area (Å²) in [5, 5.41) is 0. The minimum atomic E-state index is 0.161. The molecule has 3 aromatic rings. The smallest absolute Gasteiger partial charge is 0.225 e. The van der Waals surface area contributed by atoms with Crippen LogP contribution in [0, 0.1) is 19.8 Å². The monoisotopic (exact) mass is 445 g/mol. The highest BCUT2D eigenvalue weighted by Crippen LogP contribution is 2.26. The summed E-state index contributed by atoms with van der Waals surface area (Å²) in [6.45, 7) is 10.6. The number of piperazine rings is 1. The van der Waals surface area contributed by atoms with Crippen molar-refractivity contribution < 1.29 is 4.79 Å². The molecule has 0 atom stereocenters. The molecule has 5 rings (SSSR count). The third kappa shape index (κ3) is 4.36. The summed E-state index contributed by atoms with van der Waals surface area (Å²) in [5.41, 5.74) is 6.23. The highest BCUT2D eigenvalue weighted by atomic mass is 16.2. The van der Waals surface area contributed by atoms with Gasteiger partial charge in [0.2, 0.25) is 5.91 Å². The van der Waals surface area contributed by atoms with Crippen LogP contribution in [0.5, 0.6) is 0 Å². The molecule has 0 spiro atoms. The van der Waals surface area contributed by atoms with Crippen LogP contribution in [0.4, 0.5) is 5.69 Å². The van der Waals surface area contributed by atoms with Crippen LogP contribution in [0.2, 0.25) is 0 Å². The summed E-state index contributed by atoms with van der Waals surface area (Å²) >= 11 is 0. The molecule has 0 aliphatic carbocycles. The summed E-state index contributed by atoms with van der Waals surface area (Å²) in [6, 6.07) is 14.8. The number of anilines is 1. The lowest BCUT2D eigenvalue weighted by atomic mass is 9.95. The lowest BCUT2D eigenvalue weighted by molar-refractivity contribution is -0.137. The van der Waals surface area contributed by atoms with E-state index in [1.165, 1.54) is 22.3 Å². The number of rotatable bonds is 4. The van der Waals surface area contributed by atoms with Crippen molar-refractivity contribution in [3.8, 4) is 0 Å². The molecule has 33 heavy (non-hydrogen) atoms. The van der Waals surface area contributed by atoms with Gasteiger partial charge in [0.05, 0.1) is 17.6 Å². The van der Waals surface area contributed by atoms with E-state index in [0.717, 1.165) is 70.0 Å². The Morgan fingerprint density at radius 2 is 1.67 bits per heavy atom. The molecule has 2 fully saturated rings. The van der Waals surface area contributed by atoms with E-state index in [2.05, 4.69) is 76.6 Å². The molecule has 1 amide bonds. The Balaban J connectivity index is 1.13. The number of amides is 1. The molecule has 3 heterocycles. The van der Waals surface area contributed by atoms with E-state index in [1.807, 2.05) is 6.07 Å². The van der Waals surface area contributed by atoms with Gasteiger partial charge in [0.1, 0.15) is 5.82 Å². The fourth-order valence-electron chi connectivity index (χ4n) is 5.38. The van der Waals surface area contributed by atoms with E-state index < -0.39 is 0 Å². The molecule has 2 aliphatic heterocycles. The van der Waals surface area contributed by atoms with Crippen molar-refractivity contribution in [3.63, 3.8) is 0 Å². The second-order valence-electron chi connectivity index (χ2n) is 9.66. The molecule has 0 radical (unpaired) electrons. The first-order valence-electron chi connectivity index (χ1n) is 12.2. The lowest BCUT2D eigenvalue weighted by Gasteiger charge is -2.39. The largest absolute Gasteiger partial charge is 0.368 e. The van der Waals surface area contributed by atoms with Crippen LogP contribution in [-0.2, 0) is 18.4 Å². The molecule has 0 N–H and O–H groups in total. The zero-order valence-corrected chi connectivity index (χ0v) is 20.1. The average Bonchev–Trinajstić information content (AvgIpc) is 3.16. The van der Waals surface area contributed by atoms with Gasteiger partial charge < -0.3 is 14.4 Å². The number of aromatic nitrogens is 2. The van der Waals surface area contributed by atoms with Gasteiger partial charge in [-0.1, -0.05) is 24.3 Å². The van der Waals surface area contributed by atoms with Crippen LogP contribution in [-0.4, -0.2) is 64.5 Å². The first kappa shape index (κ1) is 22.0. The number of likely N-dealkylation sites (tertiary alicyclic amines) is 1. The molecule has 0 bridgehead atoms. The van der Waals surface area contributed by atoms with Crippen LogP contribution in [0.3, 0.4) is 0 Å². The number of hydrogen-bond donors (Lipinski definition) is 0. The Labute approximate surface area is 196 Å². The number of nitrogens with zero attached hydrogens (tertiary/aromatic N) is 5. The first-order chi connectivity index (χ1) is 16.0. The van der Waals surface area contributed by atoms with Crippen LogP contribution >= 0.6 is 0 Å². The number of fused-ring (bicyclic) bond motifs is 1. The van der Waals surface area contributed by atoms with Crippen molar-refractivity contribution >= 4 is 22.6 Å². The molecule has 6 nitrogen and oxygen atoms in total. The van der Waals surface area contributed by atoms with Crippen LogP contribution in [0.1, 0.15) is 29.8 Å². The standard InChI is InChI=1S/C27H35N5O/c1-20-7-6-10-24(21(20)2)31-15-17-32(18-16-31)27(33)22-11-13-30(14-12-22)19-26-28-23-8-4-5-9-25(23)29(26)3/h4-10,22H,11-19H2,1-3H3. The number of carbonyl (C=O) groups excluding carboxylic acids is 1. The van der Waals surface area contributed by atoms with Gasteiger partial charge in [-0.25, -0.2) is 4.98 Å². The van der Waals surface area contributed by atoms with Crippen LogP contribution < -0.4 is 4.90 Å². The maximum atomic E-state index is 13.2. The number of hydrogen-bond acceptors (Lipinski definition) is 4. The Morgan fingerprint density at radius 3 is 2.39 bits per heavy atom. The van der Waals surface area contributed by atoms with Crippen LogP contribution in [0.25, 0.3) is 11.0 Å². The van der Waals surface area contributed by atoms with Crippen molar-refractivity contribution in [2.75, 3.05) is 44.2 Å². The van der Waals surface area contributed by atoms with E-state index in [4.69, 9.17) is 4.98 Å². The highest BCUT2D eigenvalue weighted by Gasteiger charge is 2.31. The summed E-state index contributed by atoms with van der Waals surface area (Å²) in [7, 11) is 2.10. The minimum Gasteiger partial charge on any atom is -0.368 e. The average molecular weight is 446 g/mol. The van der Waals surface area contributed by atoms with Gasteiger partial charge in [-0.05, 0) is 69.1 Å². The quantitative estimate of drug-likeness (QED) is 0.614. The van der Waals surface area contributed by atoms with E-state index in [1.54, 1.807) is 0 Å². The second kappa shape index (κ2) is 9.18. The van der Waals surface area contributed by atoms with Crippen LogP contribution in [0.15, 0.2) is 42.5 Å². The normalized spacial score (nSPS) is 18.3. The number of piperidine rings is 1. The van der Waals surface area contributed by atoms with Gasteiger partial charge >= 0.3 is 0 Å². The fourth-order valence-corrected chi connectivity index (χ4v) is 5.38. The third-order valence-corrected chi connectivity index (χ3v) is 7.69. The molecule has 2 saturated heterocycles. The summed E-state index contributed by atoms with van der Waals surface area (Å²) in [5.74, 6) is 1.62. The third-order valence-electron chi connectivity index (χ3n) is 7.69. The molecule has 174 valence electrons. The predicted molar refractivity (Wildman–Crippen MR) is 133 cm³/mol. The lowest BCUT2D eigenvalue weighted by Crippen LogP contribution is -2.51. The topological polar surface area (TPSA) is 44.6 Å². The first-order valence-corrected chi connectivity index (χ1v) is 12.2. The molecule has 2 aliphatic rings. The molecular formula is C27H35N5O. The highest BCUT2D eigenvalue weighted by molar-refractivity contribution is 5.79. The van der Waals surface area contributed by atoms with Gasteiger partial charge in [-0.2, -0.15) is 0 Å². The number of carbonyl (C=O) groups is 1. The van der Waals surface area contributed by atoms with Crippen molar-refractivity contribution in [3.05, 3.63) is 59.4 Å². The molecule has 2 aromatic carbocycles. The van der Waals surface area contributed by atoms with Crippen molar-refractivity contribution in [2.24, 2.45) is 13.0 Å². The summed E-state index contributed by atoms with van der Waals surface area (Å²) in [4.78, 5) is 25.0. The zero-order valence-electron chi connectivity index (χ0n) is 20.1.